The summed E-state index contributed by atoms with van der Waals surface area (Å²) in [6.45, 7) is 2.08. The molecule has 0 aliphatic rings. The van der Waals surface area contributed by atoms with E-state index in [4.69, 9.17) is 4.74 Å². The quantitative estimate of drug-likeness (QED) is 0.815. The minimum Gasteiger partial charge on any atom is -0.461 e. The first-order chi connectivity index (χ1) is 8.22. The van der Waals surface area contributed by atoms with Crippen LogP contribution < -0.4 is 0 Å². The maximum atomic E-state index is 11.6. The molecule has 5 nitrogen and oxygen atoms in total. The molecule has 0 N–H and O–H groups in total. The minimum absolute atomic E-state index is 0.314. The summed E-state index contributed by atoms with van der Waals surface area (Å²) in [5.74, 6) is -0.430. The molecule has 0 amide bonds. The van der Waals surface area contributed by atoms with Crippen LogP contribution >= 0.6 is 15.9 Å². The van der Waals surface area contributed by atoms with E-state index in [2.05, 4.69) is 26.2 Å². The highest BCUT2D eigenvalue weighted by atomic mass is 79.9. The van der Waals surface area contributed by atoms with Crippen molar-refractivity contribution in [3.05, 3.63) is 40.6 Å². The lowest BCUT2D eigenvalue weighted by Gasteiger charge is -2.05. The Morgan fingerprint density at radius 2 is 2.12 bits per heavy atom. The molecule has 0 saturated heterocycles. The Hall–Kier alpha value is -1.69. The smallest absolute Gasteiger partial charge is 0.358 e. The normalized spacial score (nSPS) is 10.2. The lowest BCUT2D eigenvalue weighted by atomic mass is 10.3. The number of hydrogen-bond donors (Lipinski definition) is 0. The Morgan fingerprint density at radius 3 is 2.76 bits per heavy atom. The van der Waals surface area contributed by atoms with Crippen LogP contribution in [-0.4, -0.2) is 27.6 Å². The summed E-state index contributed by atoms with van der Waals surface area (Å²) in [6, 6.07) is 7.40. The van der Waals surface area contributed by atoms with Gasteiger partial charge in [0.15, 0.2) is 5.69 Å². The number of aromatic nitrogens is 3. The Bertz CT molecular complexity index is 522. The van der Waals surface area contributed by atoms with Gasteiger partial charge in [-0.2, -0.15) is 0 Å². The minimum atomic E-state index is -0.430. The van der Waals surface area contributed by atoms with Crippen molar-refractivity contribution in [3.63, 3.8) is 0 Å². The van der Waals surface area contributed by atoms with Gasteiger partial charge < -0.3 is 4.74 Å². The van der Waals surface area contributed by atoms with Crippen LogP contribution in [0.15, 0.2) is 34.9 Å². The zero-order chi connectivity index (χ0) is 12.3. The van der Waals surface area contributed by atoms with Crippen LogP contribution in [0.1, 0.15) is 17.4 Å². The molecule has 0 saturated carbocycles. The lowest BCUT2D eigenvalue weighted by molar-refractivity contribution is 0.0515. The second-order valence-corrected chi connectivity index (χ2v) is 4.14. The Morgan fingerprint density at radius 1 is 1.41 bits per heavy atom. The average Bonchev–Trinajstić information content (AvgIpc) is 2.79. The third-order valence-electron chi connectivity index (χ3n) is 2.11. The van der Waals surface area contributed by atoms with Crippen molar-refractivity contribution < 1.29 is 9.53 Å². The summed E-state index contributed by atoms with van der Waals surface area (Å²) < 4.78 is 7.33. The summed E-state index contributed by atoms with van der Waals surface area (Å²) in [6.07, 6.45) is 1.39. The second-order valence-electron chi connectivity index (χ2n) is 3.23. The Kier molecular flexibility index (Phi) is 3.53. The molecule has 1 heterocycles. The monoisotopic (exact) mass is 295 g/mol. The summed E-state index contributed by atoms with van der Waals surface area (Å²) in [4.78, 5) is 11.6. The van der Waals surface area contributed by atoms with E-state index in [9.17, 15) is 4.79 Å². The highest BCUT2D eigenvalue weighted by molar-refractivity contribution is 9.10. The third kappa shape index (κ3) is 2.52. The van der Waals surface area contributed by atoms with E-state index in [1.807, 2.05) is 24.3 Å². The predicted octanol–water partition coefficient (Wildman–Crippen LogP) is 2.21. The molecule has 0 fully saturated rings. The second kappa shape index (κ2) is 5.09. The standard InChI is InChI=1S/C11H10BrN3O2/c1-2-17-11(16)10-7-13-14-15(10)9-5-3-8(12)4-6-9/h3-7H,2H2,1H3. The number of esters is 1. The van der Waals surface area contributed by atoms with Crippen LogP contribution in [0.4, 0.5) is 0 Å². The van der Waals surface area contributed by atoms with Crippen molar-refractivity contribution in [1.29, 1.82) is 0 Å². The van der Waals surface area contributed by atoms with Crippen molar-refractivity contribution in [3.8, 4) is 5.69 Å². The van der Waals surface area contributed by atoms with Crippen LogP contribution in [0.2, 0.25) is 0 Å². The number of hydrogen-bond acceptors (Lipinski definition) is 4. The van der Waals surface area contributed by atoms with Gasteiger partial charge in [0.2, 0.25) is 0 Å². The van der Waals surface area contributed by atoms with Gasteiger partial charge in [-0.1, -0.05) is 21.1 Å². The molecule has 88 valence electrons. The van der Waals surface area contributed by atoms with Gasteiger partial charge in [-0.25, -0.2) is 9.48 Å². The van der Waals surface area contributed by atoms with Gasteiger partial charge in [-0.05, 0) is 31.2 Å². The van der Waals surface area contributed by atoms with Crippen LogP contribution in [0.5, 0.6) is 0 Å². The summed E-state index contributed by atoms with van der Waals surface area (Å²) in [7, 11) is 0. The fraction of sp³-hybridized carbons (Fsp3) is 0.182. The summed E-state index contributed by atoms with van der Waals surface area (Å²) in [5.41, 5.74) is 1.07. The van der Waals surface area contributed by atoms with Crippen LogP contribution in [0.25, 0.3) is 5.69 Å². The molecule has 0 unspecified atom stereocenters. The van der Waals surface area contributed by atoms with E-state index in [1.165, 1.54) is 10.9 Å². The van der Waals surface area contributed by atoms with Crippen molar-refractivity contribution in [2.75, 3.05) is 6.61 Å². The molecule has 0 atom stereocenters. The Labute approximate surface area is 107 Å². The van der Waals surface area contributed by atoms with Gasteiger partial charge >= 0.3 is 5.97 Å². The Balaban J connectivity index is 2.36. The molecule has 0 aliphatic carbocycles. The summed E-state index contributed by atoms with van der Waals surface area (Å²) >= 11 is 3.34. The van der Waals surface area contributed by atoms with Crippen LogP contribution in [0.3, 0.4) is 0 Å². The van der Waals surface area contributed by atoms with Gasteiger partial charge in [0.1, 0.15) is 0 Å². The highest BCUT2D eigenvalue weighted by Gasteiger charge is 2.15. The highest BCUT2D eigenvalue weighted by Crippen LogP contribution is 2.15. The number of rotatable bonds is 3. The fourth-order valence-corrected chi connectivity index (χ4v) is 1.62. The molecule has 0 aliphatic heterocycles. The maximum absolute atomic E-state index is 11.6. The van der Waals surface area contributed by atoms with E-state index < -0.39 is 5.97 Å². The number of nitrogens with zero attached hydrogens (tertiary/aromatic N) is 3. The topological polar surface area (TPSA) is 57.0 Å². The first kappa shape index (κ1) is 11.8. The van der Waals surface area contributed by atoms with Crippen molar-refractivity contribution in [2.24, 2.45) is 0 Å². The number of halogens is 1. The summed E-state index contributed by atoms with van der Waals surface area (Å²) in [5, 5.41) is 7.59. The molecule has 0 spiro atoms. The van der Waals surface area contributed by atoms with Gasteiger partial charge in [-0.3, -0.25) is 0 Å². The largest absolute Gasteiger partial charge is 0.461 e. The lowest BCUT2D eigenvalue weighted by Crippen LogP contribution is -2.11. The number of carbonyl (C=O) groups excluding carboxylic acids is 1. The van der Waals surface area contributed by atoms with Crippen LogP contribution in [-0.2, 0) is 4.74 Å². The molecule has 2 rings (SSSR count). The number of carbonyl (C=O) groups is 1. The van der Waals surface area contributed by atoms with Crippen molar-refractivity contribution in [2.45, 2.75) is 6.92 Å². The molecular weight excluding hydrogens is 286 g/mol. The maximum Gasteiger partial charge on any atom is 0.358 e. The van der Waals surface area contributed by atoms with E-state index >= 15 is 0 Å². The average molecular weight is 296 g/mol. The van der Waals surface area contributed by atoms with E-state index in [1.54, 1.807) is 6.92 Å². The molecule has 1 aromatic carbocycles. The van der Waals surface area contributed by atoms with Gasteiger partial charge in [0.25, 0.3) is 0 Å². The first-order valence-electron chi connectivity index (χ1n) is 5.06. The van der Waals surface area contributed by atoms with Crippen LogP contribution in [0, 0.1) is 0 Å². The van der Waals surface area contributed by atoms with Gasteiger partial charge in [0.05, 0.1) is 18.5 Å². The number of benzene rings is 1. The number of ether oxygens (including phenoxy) is 1. The van der Waals surface area contributed by atoms with E-state index in [0.717, 1.165) is 10.2 Å². The van der Waals surface area contributed by atoms with Gasteiger partial charge in [0, 0.05) is 4.47 Å². The predicted molar refractivity (Wildman–Crippen MR) is 65.0 cm³/mol. The molecule has 2 aromatic rings. The van der Waals surface area contributed by atoms with Gasteiger partial charge in [-0.15, -0.1) is 5.10 Å². The molecule has 17 heavy (non-hydrogen) atoms. The molecule has 6 heteroatoms. The molecule has 1 aromatic heterocycles. The van der Waals surface area contributed by atoms with E-state index in [-0.39, 0.29) is 0 Å². The zero-order valence-corrected chi connectivity index (χ0v) is 10.7. The first-order valence-corrected chi connectivity index (χ1v) is 5.85. The molecule has 0 radical (unpaired) electrons. The van der Waals surface area contributed by atoms with E-state index in [0.29, 0.717) is 12.3 Å². The fourth-order valence-electron chi connectivity index (χ4n) is 1.35. The molecule has 0 bridgehead atoms. The third-order valence-corrected chi connectivity index (χ3v) is 2.63. The SMILES string of the molecule is CCOC(=O)c1cnnn1-c1ccc(Br)cc1. The zero-order valence-electron chi connectivity index (χ0n) is 9.13. The molecular formula is C11H10BrN3O2. The van der Waals surface area contributed by atoms with Crippen molar-refractivity contribution >= 4 is 21.9 Å². The van der Waals surface area contributed by atoms with Crippen molar-refractivity contribution in [1.82, 2.24) is 15.0 Å².